The van der Waals surface area contributed by atoms with Crippen LogP contribution in [0, 0.1) is 0 Å². The molecule has 4 aliphatic rings. The summed E-state index contributed by atoms with van der Waals surface area (Å²) in [6, 6.07) is 4.90. The van der Waals surface area contributed by atoms with Crippen molar-refractivity contribution in [3.63, 3.8) is 0 Å². The van der Waals surface area contributed by atoms with Gasteiger partial charge in [-0.25, -0.2) is 9.97 Å². The maximum absolute atomic E-state index is 5.74. The Hall–Kier alpha value is -1.44. The zero-order valence-electron chi connectivity index (χ0n) is 21.5. The van der Waals surface area contributed by atoms with Gasteiger partial charge in [0.05, 0.1) is 22.4 Å². The molecular formula is C32H46N2. The van der Waals surface area contributed by atoms with Crippen LogP contribution in [0.15, 0.2) is 12.1 Å². The van der Waals surface area contributed by atoms with Gasteiger partial charge >= 0.3 is 0 Å². The molecule has 0 aliphatic heterocycles. The third kappa shape index (κ3) is 4.68. The van der Waals surface area contributed by atoms with E-state index in [9.17, 15) is 0 Å². The molecule has 1 aromatic carbocycles. The maximum atomic E-state index is 5.74. The van der Waals surface area contributed by atoms with Crippen LogP contribution in [-0.4, -0.2) is 9.97 Å². The summed E-state index contributed by atoms with van der Waals surface area (Å²) in [5.74, 6) is 2.77. The smallest absolute Gasteiger partial charge is 0.0928 e. The summed E-state index contributed by atoms with van der Waals surface area (Å²) in [4.78, 5) is 11.3. The van der Waals surface area contributed by atoms with Crippen molar-refractivity contribution in [2.75, 3.05) is 0 Å². The molecule has 0 amide bonds. The summed E-state index contributed by atoms with van der Waals surface area (Å²) in [5.41, 5.74) is 8.74. The van der Waals surface area contributed by atoms with E-state index in [-0.39, 0.29) is 0 Å². The van der Waals surface area contributed by atoms with Crippen molar-refractivity contribution in [3.8, 4) is 0 Å². The molecule has 34 heavy (non-hydrogen) atoms. The zero-order valence-corrected chi connectivity index (χ0v) is 21.5. The van der Waals surface area contributed by atoms with Crippen LogP contribution >= 0.6 is 0 Å². The van der Waals surface area contributed by atoms with E-state index in [2.05, 4.69) is 12.1 Å². The molecule has 1 aromatic heterocycles. The number of aromatic nitrogens is 2. The number of nitrogens with zero attached hydrogens (tertiary/aromatic N) is 2. The molecular weight excluding hydrogens is 412 g/mol. The summed E-state index contributed by atoms with van der Waals surface area (Å²) in [6.45, 7) is 0. The lowest BCUT2D eigenvalue weighted by molar-refractivity contribution is 0.407. The highest BCUT2D eigenvalue weighted by Crippen LogP contribution is 2.45. The van der Waals surface area contributed by atoms with Crippen LogP contribution < -0.4 is 0 Å². The first kappa shape index (κ1) is 23.0. The Bertz CT molecular complexity index is 939. The molecule has 0 unspecified atom stereocenters. The predicted molar refractivity (Wildman–Crippen MR) is 143 cm³/mol. The fourth-order valence-corrected chi connectivity index (χ4v) is 8.13. The lowest BCUT2D eigenvalue weighted by Gasteiger charge is -2.32. The quantitative estimate of drug-likeness (QED) is 0.455. The van der Waals surface area contributed by atoms with Gasteiger partial charge in [0.15, 0.2) is 0 Å². The maximum Gasteiger partial charge on any atom is 0.0928 e. The monoisotopic (exact) mass is 458 g/mol. The van der Waals surface area contributed by atoms with Crippen molar-refractivity contribution in [1.82, 2.24) is 9.97 Å². The molecule has 0 radical (unpaired) electrons. The lowest BCUT2D eigenvalue weighted by atomic mass is 9.75. The molecule has 0 bridgehead atoms. The normalized spacial score (nSPS) is 24.6. The minimum Gasteiger partial charge on any atom is -0.249 e. The minimum absolute atomic E-state index is 0.652. The highest BCUT2D eigenvalue weighted by molar-refractivity contribution is 5.81. The van der Waals surface area contributed by atoms with E-state index in [1.807, 2.05) is 0 Å². The van der Waals surface area contributed by atoms with Gasteiger partial charge in [-0.2, -0.15) is 0 Å². The van der Waals surface area contributed by atoms with Crippen molar-refractivity contribution in [3.05, 3.63) is 34.6 Å². The van der Waals surface area contributed by atoms with Gasteiger partial charge in [0.1, 0.15) is 0 Å². The number of rotatable bonds is 4. The molecule has 0 spiro atoms. The average Bonchev–Trinajstić information content (AvgIpc) is 2.93. The Kier molecular flexibility index (Phi) is 7.21. The van der Waals surface area contributed by atoms with Crippen LogP contribution in [0.1, 0.15) is 175 Å². The van der Waals surface area contributed by atoms with Crippen LogP contribution in [0.5, 0.6) is 0 Å². The van der Waals surface area contributed by atoms with Gasteiger partial charge in [0.2, 0.25) is 0 Å². The number of hydrogen-bond acceptors (Lipinski definition) is 2. The van der Waals surface area contributed by atoms with E-state index in [0.717, 1.165) is 5.92 Å². The van der Waals surface area contributed by atoms with E-state index in [0.29, 0.717) is 17.8 Å². The van der Waals surface area contributed by atoms with E-state index in [4.69, 9.17) is 9.97 Å². The van der Waals surface area contributed by atoms with Crippen molar-refractivity contribution in [2.24, 2.45) is 0 Å². The Morgan fingerprint density at radius 3 is 1.41 bits per heavy atom. The Balaban J connectivity index is 1.51. The number of benzene rings is 1. The molecule has 6 rings (SSSR count). The highest BCUT2D eigenvalue weighted by atomic mass is 14.8. The van der Waals surface area contributed by atoms with Crippen LogP contribution in [0.3, 0.4) is 0 Å². The topological polar surface area (TPSA) is 25.8 Å². The van der Waals surface area contributed by atoms with Crippen molar-refractivity contribution < 1.29 is 0 Å². The fraction of sp³-hybridized carbons (Fsp3) is 0.750. The second kappa shape index (κ2) is 10.7. The van der Waals surface area contributed by atoms with Gasteiger partial charge in [-0.05, 0) is 80.4 Å². The van der Waals surface area contributed by atoms with Crippen LogP contribution in [0.2, 0.25) is 0 Å². The van der Waals surface area contributed by atoms with E-state index in [1.54, 1.807) is 11.1 Å². The van der Waals surface area contributed by atoms with E-state index in [1.165, 1.54) is 151 Å². The Morgan fingerprint density at radius 2 is 0.882 bits per heavy atom. The van der Waals surface area contributed by atoms with E-state index >= 15 is 0 Å². The largest absolute Gasteiger partial charge is 0.249 e. The molecule has 2 heteroatoms. The second-order valence-electron chi connectivity index (χ2n) is 12.3. The second-order valence-corrected chi connectivity index (χ2v) is 12.3. The van der Waals surface area contributed by atoms with Gasteiger partial charge in [0, 0.05) is 11.8 Å². The summed E-state index contributed by atoms with van der Waals surface area (Å²) >= 11 is 0. The molecule has 0 atom stereocenters. The summed E-state index contributed by atoms with van der Waals surface area (Å²) in [6.07, 6.45) is 27.6. The zero-order chi connectivity index (χ0) is 22.7. The van der Waals surface area contributed by atoms with Crippen molar-refractivity contribution >= 4 is 11.0 Å². The number of fused-ring (bicyclic) bond motifs is 1. The van der Waals surface area contributed by atoms with Gasteiger partial charge in [0.25, 0.3) is 0 Å². The SMILES string of the molecule is c1cc2nc(C3CCCCC3)c(C3CCCCC3)nc2c(C2CCCCC2)c1C1CCCCC1. The van der Waals surface area contributed by atoms with Crippen molar-refractivity contribution in [2.45, 2.75) is 152 Å². The standard InChI is InChI=1S/C32H46N2/c1-5-13-23(14-6-1)27-21-22-28-32(29(27)24-15-7-2-8-16-24)34-31(26-19-11-4-12-20-26)30(33-28)25-17-9-3-10-18-25/h21-26H,1-20H2. The molecule has 0 saturated heterocycles. The Labute approximate surface area is 207 Å². The third-order valence-corrected chi connectivity index (χ3v) is 10.0. The highest BCUT2D eigenvalue weighted by Gasteiger charge is 2.31. The van der Waals surface area contributed by atoms with Crippen LogP contribution in [0.4, 0.5) is 0 Å². The summed E-state index contributed by atoms with van der Waals surface area (Å²) in [7, 11) is 0. The summed E-state index contributed by atoms with van der Waals surface area (Å²) in [5, 5.41) is 0. The molecule has 1 heterocycles. The molecule has 4 saturated carbocycles. The summed E-state index contributed by atoms with van der Waals surface area (Å²) < 4.78 is 0. The lowest BCUT2D eigenvalue weighted by Crippen LogP contribution is -2.18. The van der Waals surface area contributed by atoms with Crippen LogP contribution in [-0.2, 0) is 0 Å². The van der Waals surface area contributed by atoms with Crippen LogP contribution in [0.25, 0.3) is 11.0 Å². The molecule has 4 fully saturated rings. The van der Waals surface area contributed by atoms with Gasteiger partial charge in [-0.3, -0.25) is 0 Å². The van der Waals surface area contributed by atoms with E-state index < -0.39 is 0 Å². The predicted octanol–water partition coefficient (Wildman–Crippen LogP) is 9.82. The number of hydrogen-bond donors (Lipinski definition) is 0. The van der Waals surface area contributed by atoms with Crippen molar-refractivity contribution in [1.29, 1.82) is 0 Å². The third-order valence-electron chi connectivity index (χ3n) is 10.0. The van der Waals surface area contributed by atoms with Gasteiger partial charge in [-0.1, -0.05) is 83.1 Å². The van der Waals surface area contributed by atoms with Gasteiger partial charge < -0.3 is 0 Å². The van der Waals surface area contributed by atoms with Gasteiger partial charge in [-0.15, -0.1) is 0 Å². The minimum atomic E-state index is 0.652. The first-order valence-corrected chi connectivity index (χ1v) is 15.2. The Morgan fingerprint density at radius 1 is 0.441 bits per heavy atom. The molecule has 2 nitrogen and oxygen atoms in total. The first-order valence-electron chi connectivity index (χ1n) is 15.2. The molecule has 4 aliphatic carbocycles. The average molecular weight is 459 g/mol. The molecule has 2 aromatic rings. The first-order chi connectivity index (χ1) is 16.9. The molecule has 184 valence electrons. The molecule has 0 N–H and O–H groups in total. The fourth-order valence-electron chi connectivity index (χ4n) is 8.13.